The van der Waals surface area contributed by atoms with Crippen LogP contribution in [0.3, 0.4) is 0 Å². The van der Waals surface area contributed by atoms with E-state index in [-0.39, 0.29) is 18.9 Å². The van der Waals surface area contributed by atoms with Crippen LogP contribution in [0, 0.1) is 6.92 Å². The fourth-order valence-electron chi connectivity index (χ4n) is 2.58. The minimum absolute atomic E-state index is 0.195. The minimum Gasteiger partial charge on any atom is -0.454 e. The van der Waals surface area contributed by atoms with Gasteiger partial charge in [0.1, 0.15) is 11.3 Å². The van der Waals surface area contributed by atoms with Crippen molar-refractivity contribution in [3.05, 3.63) is 40.8 Å². The Hall–Kier alpha value is -3.03. The predicted molar refractivity (Wildman–Crippen MR) is 89.9 cm³/mol. The van der Waals surface area contributed by atoms with Crippen molar-refractivity contribution >= 4 is 11.9 Å². The third-order valence-electron chi connectivity index (χ3n) is 4.03. The Bertz CT molecular complexity index is 829. The molecule has 1 aromatic carbocycles. The molecule has 0 spiro atoms. The number of esters is 1. The van der Waals surface area contributed by atoms with Gasteiger partial charge in [0.05, 0.1) is 5.69 Å². The second kappa shape index (κ2) is 7.47. The van der Waals surface area contributed by atoms with Crippen molar-refractivity contribution in [2.75, 3.05) is 6.79 Å². The molecule has 138 valence electrons. The van der Waals surface area contributed by atoms with Gasteiger partial charge < -0.3 is 24.1 Å². The molecular weight excluding hydrogens is 340 g/mol. The highest BCUT2D eigenvalue weighted by Crippen LogP contribution is 2.32. The molecule has 1 aliphatic rings. The van der Waals surface area contributed by atoms with Crippen molar-refractivity contribution in [2.45, 2.75) is 39.8 Å². The molecule has 0 radical (unpaired) electrons. The van der Waals surface area contributed by atoms with Gasteiger partial charge in [-0.1, -0.05) is 18.1 Å². The van der Waals surface area contributed by atoms with Crippen molar-refractivity contribution in [1.82, 2.24) is 10.5 Å². The molecule has 0 aliphatic carbocycles. The Labute approximate surface area is 150 Å². The average molecular weight is 360 g/mol. The Balaban J connectivity index is 1.56. The van der Waals surface area contributed by atoms with Crippen LogP contribution in [-0.4, -0.2) is 29.9 Å². The Kier molecular flexibility index (Phi) is 5.11. The van der Waals surface area contributed by atoms with Crippen molar-refractivity contribution in [2.24, 2.45) is 0 Å². The van der Waals surface area contributed by atoms with Crippen LogP contribution in [0.1, 0.15) is 41.2 Å². The van der Waals surface area contributed by atoms with Crippen molar-refractivity contribution in [1.29, 1.82) is 0 Å². The van der Waals surface area contributed by atoms with Gasteiger partial charge in [0.15, 0.2) is 17.6 Å². The van der Waals surface area contributed by atoms with Crippen LogP contribution in [0.2, 0.25) is 0 Å². The normalized spacial score (nSPS) is 13.3. The first-order valence-corrected chi connectivity index (χ1v) is 8.32. The molecule has 0 bridgehead atoms. The van der Waals surface area contributed by atoms with E-state index in [9.17, 15) is 9.59 Å². The summed E-state index contributed by atoms with van der Waals surface area (Å²) in [6, 6.07) is 5.42. The zero-order chi connectivity index (χ0) is 18.7. The number of nitrogens with zero attached hydrogens (tertiary/aromatic N) is 1. The lowest BCUT2D eigenvalue weighted by molar-refractivity contribution is -0.129. The van der Waals surface area contributed by atoms with Crippen LogP contribution < -0.4 is 14.8 Å². The van der Waals surface area contributed by atoms with E-state index in [0.717, 1.165) is 5.56 Å². The molecule has 8 nitrogen and oxygen atoms in total. The van der Waals surface area contributed by atoms with Gasteiger partial charge in [-0.15, -0.1) is 0 Å². The number of carbonyl (C=O) groups is 2. The highest BCUT2D eigenvalue weighted by Gasteiger charge is 2.25. The lowest BCUT2D eigenvalue weighted by Crippen LogP contribution is -2.35. The maximum atomic E-state index is 12.3. The lowest BCUT2D eigenvalue weighted by Gasteiger charge is -2.13. The molecule has 0 unspecified atom stereocenters. The van der Waals surface area contributed by atoms with Gasteiger partial charge in [0, 0.05) is 6.54 Å². The summed E-state index contributed by atoms with van der Waals surface area (Å²) in [4.78, 5) is 24.5. The topological polar surface area (TPSA) is 99.9 Å². The number of ether oxygens (including phenoxy) is 3. The summed E-state index contributed by atoms with van der Waals surface area (Å²) in [5.41, 5.74) is 1.65. The first-order valence-electron chi connectivity index (χ1n) is 8.32. The second-order valence-electron chi connectivity index (χ2n) is 5.87. The molecule has 1 atom stereocenters. The van der Waals surface area contributed by atoms with Gasteiger partial charge >= 0.3 is 5.97 Å². The number of aromatic nitrogens is 1. The van der Waals surface area contributed by atoms with Crippen LogP contribution in [0.15, 0.2) is 22.7 Å². The molecule has 3 rings (SSSR count). The number of nitrogens with one attached hydrogen (secondary N) is 1. The molecule has 1 aromatic heterocycles. The molecule has 2 aromatic rings. The number of benzene rings is 1. The summed E-state index contributed by atoms with van der Waals surface area (Å²) in [5.74, 6) is 0.679. The maximum absolute atomic E-state index is 12.3. The van der Waals surface area contributed by atoms with Crippen LogP contribution in [0.25, 0.3) is 0 Å². The van der Waals surface area contributed by atoms with Crippen LogP contribution >= 0.6 is 0 Å². The third-order valence-corrected chi connectivity index (χ3v) is 4.03. The molecule has 26 heavy (non-hydrogen) atoms. The molecular formula is C18H20N2O6. The van der Waals surface area contributed by atoms with Gasteiger partial charge in [-0.25, -0.2) is 4.79 Å². The summed E-state index contributed by atoms with van der Waals surface area (Å²) >= 11 is 0. The van der Waals surface area contributed by atoms with E-state index < -0.39 is 18.0 Å². The zero-order valence-electron chi connectivity index (χ0n) is 14.8. The molecule has 2 heterocycles. The summed E-state index contributed by atoms with van der Waals surface area (Å²) in [7, 11) is 0. The number of fused-ring (bicyclic) bond motifs is 1. The predicted octanol–water partition coefficient (Wildman–Crippen LogP) is 2.14. The number of hydrogen-bond donors (Lipinski definition) is 1. The Morgan fingerprint density at radius 1 is 1.31 bits per heavy atom. The Morgan fingerprint density at radius 3 is 2.85 bits per heavy atom. The first kappa shape index (κ1) is 17.8. The van der Waals surface area contributed by atoms with Gasteiger partial charge in [-0.3, -0.25) is 4.79 Å². The van der Waals surface area contributed by atoms with Crippen molar-refractivity contribution in [3.8, 4) is 11.5 Å². The average Bonchev–Trinajstić information content (AvgIpc) is 3.24. The summed E-state index contributed by atoms with van der Waals surface area (Å²) in [5, 5.41) is 6.55. The number of amides is 1. The monoisotopic (exact) mass is 360 g/mol. The molecule has 0 fully saturated rings. The number of carbonyl (C=O) groups excluding carboxylic acids is 2. The van der Waals surface area contributed by atoms with Gasteiger partial charge in [0.25, 0.3) is 5.91 Å². The van der Waals surface area contributed by atoms with E-state index in [1.807, 2.05) is 13.0 Å². The highest BCUT2D eigenvalue weighted by atomic mass is 16.7. The van der Waals surface area contributed by atoms with E-state index >= 15 is 0 Å². The number of hydrogen-bond acceptors (Lipinski definition) is 7. The molecule has 0 saturated heterocycles. The molecule has 8 heteroatoms. The molecule has 0 saturated carbocycles. The van der Waals surface area contributed by atoms with Crippen molar-refractivity contribution < 1.29 is 28.3 Å². The standard InChI is InChI=1S/C18H20N2O6/c1-4-13-16(10(2)26-20-13)18(22)25-11(3)17(21)19-8-12-5-6-14-15(7-12)24-9-23-14/h5-7,11H,4,8-9H2,1-3H3,(H,19,21)/t11-/m1/s1. The molecule has 1 amide bonds. The fourth-order valence-corrected chi connectivity index (χ4v) is 2.58. The summed E-state index contributed by atoms with van der Waals surface area (Å²) < 4.78 is 20.8. The van der Waals surface area contributed by atoms with Crippen LogP contribution in [0.4, 0.5) is 0 Å². The zero-order valence-corrected chi connectivity index (χ0v) is 14.8. The second-order valence-corrected chi connectivity index (χ2v) is 5.87. The summed E-state index contributed by atoms with van der Waals surface area (Å²) in [6.07, 6.45) is -0.414. The van der Waals surface area contributed by atoms with E-state index in [4.69, 9.17) is 18.7 Å². The largest absolute Gasteiger partial charge is 0.454 e. The van der Waals surface area contributed by atoms with E-state index in [1.165, 1.54) is 6.92 Å². The summed E-state index contributed by atoms with van der Waals surface area (Å²) in [6.45, 7) is 5.48. The Morgan fingerprint density at radius 2 is 2.08 bits per heavy atom. The number of aryl methyl sites for hydroxylation is 2. The van der Waals surface area contributed by atoms with Gasteiger partial charge in [-0.2, -0.15) is 0 Å². The van der Waals surface area contributed by atoms with E-state index in [2.05, 4.69) is 10.5 Å². The minimum atomic E-state index is -0.949. The van der Waals surface area contributed by atoms with Crippen LogP contribution in [-0.2, 0) is 22.5 Å². The molecule has 1 N–H and O–H groups in total. The lowest BCUT2D eigenvalue weighted by atomic mass is 10.1. The number of rotatable bonds is 6. The fraction of sp³-hybridized carbons (Fsp3) is 0.389. The third kappa shape index (κ3) is 3.63. The maximum Gasteiger partial charge on any atom is 0.344 e. The highest BCUT2D eigenvalue weighted by molar-refractivity contribution is 5.93. The quantitative estimate of drug-likeness (QED) is 0.788. The van der Waals surface area contributed by atoms with Gasteiger partial charge in [0.2, 0.25) is 6.79 Å². The van der Waals surface area contributed by atoms with E-state index in [0.29, 0.717) is 29.4 Å². The van der Waals surface area contributed by atoms with Crippen molar-refractivity contribution in [3.63, 3.8) is 0 Å². The molecule has 1 aliphatic heterocycles. The first-order chi connectivity index (χ1) is 12.5. The van der Waals surface area contributed by atoms with Crippen LogP contribution in [0.5, 0.6) is 11.5 Å². The van der Waals surface area contributed by atoms with E-state index in [1.54, 1.807) is 19.1 Å². The smallest absolute Gasteiger partial charge is 0.344 e. The van der Waals surface area contributed by atoms with Gasteiger partial charge in [-0.05, 0) is 38.0 Å². The SMILES string of the molecule is CCc1noc(C)c1C(=O)O[C@H](C)C(=O)NCc1ccc2c(c1)OCO2.